The van der Waals surface area contributed by atoms with E-state index in [-0.39, 0.29) is 5.91 Å². The van der Waals surface area contributed by atoms with Gasteiger partial charge in [-0.05, 0) is 53.1 Å². The SMILES string of the molecule is COc1ccc(C[C@@H](Nc2ccc(-c3ccncc3)cc2)C(N)=O)cc1. The zero-order chi connectivity index (χ0) is 18.4. The minimum atomic E-state index is -0.491. The van der Waals surface area contributed by atoms with Crippen LogP contribution in [0.2, 0.25) is 0 Å². The molecule has 0 aliphatic heterocycles. The Morgan fingerprint density at radius 3 is 2.19 bits per heavy atom. The molecule has 5 heteroatoms. The van der Waals surface area contributed by atoms with Crippen molar-refractivity contribution in [2.24, 2.45) is 5.73 Å². The number of hydrogen-bond acceptors (Lipinski definition) is 4. The summed E-state index contributed by atoms with van der Waals surface area (Å²) in [5, 5.41) is 3.22. The molecule has 132 valence electrons. The van der Waals surface area contributed by atoms with Gasteiger partial charge in [0.05, 0.1) is 7.11 Å². The van der Waals surface area contributed by atoms with Gasteiger partial charge in [0.1, 0.15) is 11.8 Å². The molecular formula is C21H21N3O2. The van der Waals surface area contributed by atoms with E-state index < -0.39 is 6.04 Å². The fourth-order valence-corrected chi connectivity index (χ4v) is 2.72. The average molecular weight is 347 g/mol. The summed E-state index contributed by atoms with van der Waals surface area (Å²) in [7, 11) is 1.62. The molecule has 3 aromatic rings. The number of carbonyl (C=O) groups is 1. The first-order chi connectivity index (χ1) is 12.7. The number of hydrogen-bond donors (Lipinski definition) is 2. The predicted octanol–water partition coefficient (Wildman–Crippen LogP) is 3.27. The Kier molecular flexibility index (Phi) is 5.49. The minimum Gasteiger partial charge on any atom is -0.497 e. The molecule has 0 saturated heterocycles. The molecule has 1 atom stereocenters. The largest absolute Gasteiger partial charge is 0.497 e. The third-order valence-corrected chi connectivity index (χ3v) is 4.18. The topological polar surface area (TPSA) is 77.2 Å². The van der Waals surface area contributed by atoms with Gasteiger partial charge in [-0.25, -0.2) is 0 Å². The molecule has 0 spiro atoms. The number of pyridine rings is 1. The predicted molar refractivity (Wildman–Crippen MR) is 103 cm³/mol. The van der Waals surface area contributed by atoms with E-state index in [1.807, 2.05) is 60.7 Å². The van der Waals surface area contributed by atoms with Crippen LogP contribution >= 0.6 is 0 Å². The van der Waals surface area contributed by atoms with Gasteiger partial charge >= 0.3 is 0 Å². The molecule has 5 nitrogen and oxygen atoms in total. The van der Waals surface area contributed by atoms with Gasteiger partial charge in [0, 0.05) is 24.5 Å². The summed E-state index contributed by atoms with van der Waals surface area (Å²) < 4.78 is 5.15. The van der Waals surface area contributed by atoms with Crippen molar-refractivity contribution in [3.63, 3.8) is 0 Å². The molecule has 1 aromatic heterocycles. The Labute approximate surface area is 152 Å². The number of nitrogens with one attached hydrogen (secondary N) is 1. The summed E-state index contributed by atoms with van der Waals surface area (Å²) in [5.74, 6) is 0.392. The zero-order valence-corrected chi connectivity index (χ0v) is 14.6. The van der Waals surface area contributed by atoms with Crippen molar-refractivity contribution >= 4 is 11.6 Å². The minimum absolute atomic E-state index is 0.390. The van der Waals surface area contributed by atoms with Crippen LogP contribution in [0.5, 0.6) is 5.75 Å². The number of benzene rings is 2. The first-order valence-corrected chi connectivity index (χ1v) is 8.35. The number of primary amides is 1. The summed E-state index contributed by atoms with van der Waals surface area (Å²) in [6.45, 7) is 0. The second-order valence-electron chi connectivity index (χ2n) is 5.96. The van der Waals surface area contributed by atoms with E-state index >= 15 is 0 Å². The summed E-state index contributed by atoms with van der Waals surface area (Å²) in [6, 6.07) is 18.9. The zero-order valence-electron chi connectivity index (χ0n) is 14.6. The van der Waals surface area contributed by atoms with Crippen LogP contribution in [0.1, 0.15) is 5.56 Å². The standard InChI is InChI=1S/C21H21N3O2/c1-26-19-8-2-15(3-9-19)14-20(21(22)25)24-18-6-4-16(5-7-18)17-10-12-23-13-11-17/h2-13,20,24H,14H2,1H3,(H2,22,25)/t20-/m1/s1. The average Bonchev–Trinajstić information content (AvgIpc) is 2.69. The Balaban J connectivity index is 1.70. The third kappa shape index (κ3) is 4.39. The lowest BCUT2D eigenvalue weighted by atomic mass is 10.0. The molecule has 0 unspecified atom stereocenters. The molecule has 26 heavy (non-hydrogen) atoms. The van der Waals surface area contributed by atoms with Gasteiger partial charge in [0.25, 0.3) is 0 Å². The smallest absolute Gasteiger partial charge is 0.240 e. The lowest BCUT2D eigenvalue weighted by molar-refractivity contribution is -0.118. The van der Waals surface area contributed by atoms with E-state index in [4.69, 9.17) is 10.5 Å². The van der Waals surface area contributed by atoms with Gasteiger partial charge < -0.3 is 15.8 Å². The number of ether oxygens (including phenoxy) is 1. The fourth-order valence-electron chi connectivity index (χ4n) is 2.72. The van der Waals surface area contributed by atoms with Crippen LogP contribution in [0.15, 0.2) is 73.1 Å². The number of nitrogens with zero attached hydrogens (tertiary/aromatic N) is 1. The van der Waals surface area contributed by atoms with Crippen molar-refractivity contribution < 1.29 is 9.53 Å². The molecule has 0 aliphatic carbocycles. The van der Waals surface area contributed by atoms with Crippen LogP contribution in [0.4, 0.5) is 5.69 Å². The van der Waals surface area contributed by atoms with Crippen molar-refractivity contribution in [2.75, 3.05) is 12.4 Å². The quantitative estimate of drug-likeness (QED) is 0.688. The van der Waals surface area contributed by atoms with Crippen LogP contribution in [0.3, 0.4) is 0 Å². The van der Waals surface area contributed by atoms with Crippen molar-refractivity contribution in [2.45, 2.75) is 12.5 Å². The number of methoxy groups -OCH3 is 1. The van der Waals surface area contributed by atoms with Crippen molar-refractivity contribution in [3.05, 3.63) is 78.6 Å². The summed E-state index contributed by atoms with van der Waals surface area (Å²) in [4.78, 5) is 15.9. The molecule has 0 saturated carbocycles. The second kappa shape index (κ2) is 8.16. The van der Waals surface area contributed by atoms with Crippen molar-refractivity contribution in [1.29, 1.82) is 0 Å². The number of aromatic nitrogens is 1. The maximum atomic E-state index is 11.8. The molecule has 0 fully saturated rings. The van der Waals surface area contributed by atoms with Crippen molar-refractivity contribution in [1.82, 2.24) is 4.98 Å². The lowest BCUT2D eigenvalue weighted by Crippen LogP contribution is -2.37. The molecule has 3 N–H and O–H groups in total. The summed E-state index contributed by atoms with van der Waals surface area (Å²) >= 11 is 0. The molecule has 0 bridgehead atoms. The molecule has 1 heterocycles. The van der Waals surface area contributed by atoms with Crippen LogP contribution in [0, 0.1) is 0 Å². The second-order valence-corrected chi connectivity index (χ2v) is 5.96. The van der Waals surface area contributed by atoms with Gasteiger partial charge in [-0.2, -0.15) is 0 Å². The number of anilines is 1. The number of rotatable bonds is 7. The maximum Gasteiger partial charge on any atom is 0.240 e. The first kappa shape index (κ1) is 17.5. The highest BCUT2D eigenvalue weighted by atomic mass is 16.5. The van der Waals surface area contributed by atoms with Crippen molar-refractivity contribution in [3.8, 4) is 16.9 Å². The van der Waals surface area contributed by atoms with E-state index in [0.717, 1.165) is 28.1 Å². The van der Waals surface area contributed by atoms with Crippen LogP contribution in [-0.4, -0.2) is 24.0 Å². The van der Waals surface area contributed by atoms with Gasteiger partial charge in [-0.3, -0.25) is 9.78 Å². The summed E-state index contributed by atoms with van der Waals surface area (Å²) in [5.41, 5.74) is 9.61. The highest BCUT2D eigenvalue weighted by Gasteiger charge is 2.16. The normalized spacial score (nSPS) is 11.6. The van der Waals surface area contributed by atoms with Crippen LogP contribution in [-0.2, 0) is 11.2 Å². The highest BCUT2D eigenvalue weighted by Crippen LogP contribution is 2.21. The molecule has 0 aliphatic rings. The van der Waals surface area contributed by atoms with Gasteiger partial charge in [0.15, 0.2) is 0 Å². The third-order valence-electron chi connectivity index (χ3n) is 4.18. The molecule has 2 aromatic carbocycles. The molecular weight excluding hydrogens is 326 g/mol. The monoisotopic (exact) mass is 347 g/mol. The molecule has 0 radical (unpaired) electrons. The lowest BCUT2D eigenvalue weighted by Gasteiger charge is -2.17. The van der Waals surface area contributed by atoms with Gasteiger partial charge in [0.2, 0.25) is 5.91 Å². The number of nitrogens with two attached hydrogens (primary N) is 1. The molecule has 1 amide bonds. The van der Waals surface area contributed by atoms with E-state index in [1.165, 1.54) is 0 Å². The van der Waals surface area contributed by atoms with E-state index in [2.05, 4.69) is 10.3 Å². The summed E-state index contributed by atoms with van der Waals surface area (Å²) in [6.07, 6.45) is 4.03. The van der Waals surface area contributed by atoms with E-state index in [1.54, 1.807) is 19.5 Å². The van der Waals surface area contributed by atoms with Crippen LogP contribution < -0.4 is 15.8 Å². The van der Waals surface area contributed by atoms with E-state index in [0.29, 0.717) is 6.42 Å². The van der Waals surface area contributed by atoms with Gasteiger partial charge in [-0.1, -0.05) is 24.3 Å². The van der Waals surface area contributed by atoms with E-state index in [9.17, 15) is 4.79 Å². The Bertz CT molecular complexity index is 847. The van der Waals surface area contributed by atoms with Gasteiger partial charge in [-0.15, -0.1) is 0 Å². The molecule has 3 rings (SSSR count). The first-order valence-electron chi connectivity index (χ1n) is 8.35. The highest BCUT2D eigenvalue weighted by molar-refractivity contribution is 5.83. The fraction of sp³-hybridized carbons (Fsp3) is 0.143. The number of amides is 1. The Morgan fingerprint density at radius 2 is 1.62 bits per heavy atom. The number of carbonyl (C=O) groups excluding carboxylic acids is 1. The van der Waals surface area contributed by atoms with Crippen LogP contribution in [0.25, 0.3) is 11.1 Å². The Morgan fingerprint density at radius 1 is 1.00 bits per heavy atom. The maximum absolute atomic E-state index is 11.8. The Hall–Kier alpha value is -3.34.